The first-order valence-corrected chi connectivity index (χ1v) is 9.64. The standard InChI is InChI=1S/C21H37NO2.Ac/c1-4-5-12-15-18(2)21(24)20-19(23)16-13-10-8-6-7-9-11-14-17-22(20)3;/h4-5,12,18,20-21,24H,1,6-11,13-17H2,2-3H3;/t18-,20-,21?;/m1./s1/i1D2;. The minimum Gasteiger partial charge on any atom is -0.391 e. The van der Waals surface area contributed by atoms with Crippen LogP contribution in [0, 0.1) is 50.0 Å². The molecule has 0 aromatic heterocycles. The van der Waals surface area contributed by atoms with Crippen molar-refractivity contribution in [3.8, 4) is 0 Å². The number of carbonyl (C=O) groups excluding carboxylic acids is 1. The Kier molecular flexibility index (Phi) is 13.6. The van der Waals surface area contributed by atoms with E-state index in [1.54, 1.807) is 6.08 Å². The zero-order chi connectivity index (χ0) is 19.4. The third-order valence-electron chi connectivity index (χ3n) is 5.14. The average molecular weight is 565 g/mol. The van der Waals surface area contributed by atoms with Gasteiger partial charge in [0, 0.05) is 50.5 Å². The number of likely N-dealkylation sites (N-methyl/N-ethyl adjacent to an activating group) is 1. The van der Waals surface area contributed by atoms with Gasteiger partial charge in [0.05, 0.1) is 14.9 Å². The molecule has 3 atom stereocenters. The van der Waals surface area contributed by atoms with Crippen LogP contribution >= 0.6 is 0 Å². The predicted molar refractivity (Wildman–Crippen MR) is 102 cm³/mol. The molecule has 1 aliphatic heterocycles. The van der Waals surface area contributed by atoms with Crippen LogP contribution in [0.1, 0.15) is 73.9 Å². The molecule has 1 N–H and O–H groups in total. The molecule has 0 aromatic carbocycles. The van der Waals surface area contributed by atoms with Gasteiger partial charge in [-0.05, 0) is 38.8 Å². The summed E-state index contributed by atoms with van der Waals surface area (Å²) in [5.74, 6) is 0.112. The Bertz CT molecular complexity index is 467. The van der Waals surface area contributed by atoms with Crippen molar-refractivity contribution in [2.24, 2.45) is 5.92 Å². The Morgan fingerprint density at radius 2 is 1.84 bits per heavy atom. The average Bonchev–Trinajstić information content (AvgIpc) is 2.60. The molecule has 1 rings (SSSR count). The van der Waals surface area contributed by atoms with Crippen molar-refractivity contribution in [2.75, 3.05) is 13.6 Å². The fraction of sp³-hybridized carbons (Fsp3) is 0.762. The van der Waals surface area contributed by atoms with Crippen LogP contribution in [-0.4, -0.2) is 41.5 Å². The molecule has 0 aliphatic carbocycles. The normalized spacial score (nSPS) is 25.4. The van der Waals surface area contributed by atoms with Crippen LogP contribution in [0.25, 0.3) is 0 Å². The second-order valence-electron chi connectivity index (χ2n) is 7.27. The van der Waals surface area contributed by atoms with Gasteiger partial charge in [-0.15, -0.1) is 0 Å². The Morgan fingerprint density at radius 1 is 1.24 bits per heavy atom. The molecule has 1 radical (unpaired) electrons. The summed E-state index contributed by atoms with van der Waals surface area (Å²) in [6.07, 6.45) is 14.7. The molecule has 4 heteroatoms. The summed E-state index contributed by atoms with van der Waals surface area (Å²) >= 11 is 0. The molecule has 0 amide bonds. The topological polar surface area (TPSA) is 40.5 Å². The molecule has 25 heavy (non-hydrogen) atoms. The number of hydrogen-bond donors (Lipinski definition) is 1. The Balaban J connectivity index is 0.00000676. The number of Topliss-reactive ketones (excluding diaryl/α,β-unsaturated/α-hetero) is 1. The number of allylic oxidation sites excluding steroid dienone is 3. The zero-order valence-electron chi connectivity index (χ0n) is 18.1. The van der Waals surface area contributed by atoms with E-state index >= 15 is 0 Å². The molecule has 3 nitrogen and oxygen atoms in total. The number of aliphatic hydroxyl groups excluding tert-OH is 1. The van der Waals surface area contributed by atoms with Gasteiger partial charge < -0.3 is 5.11 Å². The SMILES string of the molecule is [2H]C([2H])=CC=CC[C@@H](C)C(O)[C@H]1C(=O)CCCCCCCCCCN1C.[Ac]. The largest absolute Gasteiger partial charge is 0.391 e. The minimum absolute atomic E-state index is 0. The third-order valence-corrected chi connectivity index (χ3v) is 5.14. The molecule has 0 spiro atoms. The molecule has 1 saturated heterocycles. The van der Waals surface area contributed by atoms with Gasteiger partial charge in [-0.1, -0.05) is 70.2 Å². The Hall–Kier alpha value is 0.512. The van der Waals surface area contributed by atoms with Crippen LogP contribution < -0.4 is 0 Å². The molecular weight excluding hydrogens is 525 g/mol. The summed E-state index contributed by atoms with van der Waals surface area (Å²) in [7, 11) is 1.96. The van der Waals surface area contributed by atoms with Gasteiger partial charge in [-0.25, -0.2) is 0 Å². The fourth-order valence-electron chi connectivity index (χ4n) is 3.52. The predicted octanol–water partition coefficient (Wildman–Crippen LogP) is 4.51. The third kappa shape index (κ3) is 10.4. The number of rotatable bonds is 5. The van der Waals surface area contributed by atoms with E-state index in [1.165, 1.54) is 38.2 Å². The molecule has 1 heterocycles. The number of ketones is 1. The van der Waals surface area contributed by atoms with Gasteiger partial charge in [0.25, 0.3) is 0 Å². The van der Waals surface area contributed by atoms with E-state index in [4.69, 9.17) is 2.74 Å². The van der Waals surface area contributed by atoms with E-state index in [2.05, 4.69) is 4.90 Å². The second kappa shape index (κ2) is 15.6. The number of aliphatic hydroxyl groups is 1. The van der Waals surface area contributed by atoms with Crippen LogP contribution in [0.4, 0.5) is 0 Å². The second-order valence-corrected chi connectivity index (χ2v) is 7.27. The van der Waals surface area contributed by atoms with E-state index in [9.17, 15) is 9.90 Å². The van der Waals surface area contributed by atoms with Crippen LogP contribution in [0.3, 0.4) is 0 Å². The van der Waals surface area contributed by atoms with Gasteiger partial charge >= 0.3 is 0 Å². The zero-order valence-corrected chi connectivity index (χ0v) is 20.9. The van der Waals surface area contributed by atoms with Crippen molar-refractivity contribution in [3.63, 3.8) is 0 Å². The molecule has 0 bridgehead atoms. The monoisotopic (exact) mass is 564 g/mol. The van der Waals surface area contributed by atoms with Crippen molar-refractivity contribution in [1.82, 2.24) is 4.90 Å². The molecule has 1 unspecified atom stereocenters. The fourth-order valence-corrected chi connectivity index (χ4v) is 3.52. The van der Waals surface area contributed by atoms with Crippen molar-refractivity contribution >= 4 is 5.78 Å². The van der Waals surface area contributed by atoms with Gasteiger partial charge in [-0.2, -0.15) is 0 Å². The minimum atomic E-state index is -0.697. The molecule has 0 saturated carbocycles. The number of nitrogens with zero attached hydrogens (tertiary/aromatic N) is 1. The maximum atomic E-state index is 12.8. The van der Waals surface area contributed by atoms with E-state index in [1.807, 2.05) is 20.0 Å². The molecule has 0 aromatic rings. The van der Waals surface area contributed by atoms with Crippen LogP contribution in [0.2, 0.25) is 0 Å². The van der Waals surface area contributed by atoms with Crippen LogP contribution in [0.5, 0.6) is 0 Å². The number of carbonyl (C=O) groups is 1. The molecule has 141 valence electrons. The van der Waals surface area contributed by atoms with E-state index in [0.29, 0.717) is 12.8 Å². The first kappa shape index (κ1) is 21.8. The summed E-state index contributed by atoms with van der Waals surface area (Å²) in [5, 5.41) is 10.9. The summed E-state index contributed by atoms with van der Waals surface area (Å²) in [6.45, 7) is 2.57. The summed E-state index contributed by atoms with van der Waals surface area (Å²) in [5.41, 5.74) is 0. The summed E-state index contributed by atoms with van der Waals surface area (Å²) in [6, 6.07) is -0.433. The van der Waals surface area contributed by atoms with Gasteiger partial charge in [0.15, 0.2) is 5.78 Å². The van der Waals surface area contributed by atoms with Crippen molar-refractivity contribution in [2.45, 2.75) is 83.3 Å². The molecule has 1 fully saturated rings. The summed E-state index contributed by atoms with van der Waals surface area (Å²) in [4.78, 5) is 14.9. The first-order valence-electron chi connectivity index (χ1n) is 10.6. The van der Waals surface area contributed by atoms with Gasteiger partial charge in [0.2, 0.25) is 0 Å². The van der Waals surface area contributed by atoms with Crippen molar-refractivity contribution < 1.29 is 56.7 Å². The van der Waals surface area contributed by atoms with Gasteiger partial charge in [-0.3, -0.25) is 9.69 Å². The van der Waals surface area contributed by atoms with Crippen LogP contribution in [-0.2, 0) is 4.79 Å². The molecular formula is C21H37AcNO2. The first-order chi connectivity index (χ1) is 12.4. The van der Waals surface area contributed by atoms with E-state index in [0.717, 1.165) is 25.8 Å². The maximum Gasteiger partial charge on any atom is 0.152 e. The maximum absolute atomic E-state index is 12.8. The van der Waals surface area contributed by atoms with Crippen LogP contribution in [0.15, 0.2) is 24.8 Å². The number of hydrogen-bond acceptors (Lipinski definition) is 3. The molecule has 1 aliphatic rings. The summed E-state index contributed by atoms with van der Waals surface area (Å²) < 4.78 is 14.1. The quantitative estimate of drug-likeness (QED) is 0.500. The van der Waals surface area contributed by atoms with Gasteiger partial charge in [0.1, 0.15) is 0 Å². The Morgan fingerprint density at radius 3 is 2.48 bits per heavy atom. The smallest absolute Gasteiger partial charge is 0.152 e. The Labute approximate surface area is 193 Å². The van der Waals surface area contributed by atoms with E-state index in [-0.39, 0.29) is 62.3 Å². The van der Waals surface area contributed by atoms with E-state index < -0.39 is 12.1 Å². The van der Waals surface area contributed by atoms with Crippen molar-refractivity contribution in [1.29, 1.82) is 0 Å². The van der Waals surface area contributed by atoms with Crippen molar-refractivity contribution in [3.05, 3.63) is 24.8 Å².